The smallest absolute Gasteiger partial charge is 0.408 e. The topological polar surface area (TPSA) is 172 Å². The first kappa shape index (κ1) is 37.1. The van der Waals surface area contributed by atoms with E-state index >= 15 is 0 Å². The summed E-state index contributed by atoms with van der Waals surface area (Å²) in [7, 11) is 0. The minimum Gasteiger partial charge on any atom is -0.508 e. The molecule has 0 aromatic heterocycles. The Hall–Kier alpha value is -5.39. The zero-order chi connectivity index (χ0) is 35.1. The Kier molecular flexibility index (Phi) is 14.0. The van der Waals surface area contributed by atoms with Crippen molar-refractivity contribution < 1.29 is 38.6 Å². The maximum atomic E-state index is 13.8. The van der Waals surface area contributed by atoms with Gasteiger partial charge in [0, 0.05) is 19.3 Å². The average Bonchev–Trinajstić information content (AvgIpc) is 3.04. The van der Waals surface area contributed by atoms with Crippen molar-refractivity contribution in [1.29, 1.82) is 0 Å². The van der Waals surface area contributed by atoms with Gasteiger partial charge in [0.15, 0.2) is 0 Å². The summed E-state index contributed by atoms with van der Waals surface area (Å²) < 4.78 is 10.4. The van der Waals surface area contributed by atoms with Gasteiger partial charge in [-0.2, -0.15) is 0 Å². The van der Waals surface area contributed by atoms with Crippen LogP contribution in [0, 0.1) is 0 Å². The van der Waals surface area contributed by atoms with Crippen LogP contribution in [0.15, 0.2) is 84.9 Å². The third-order valence-electron chi connectivity index (χ3n) is 6.91. The van der Waals surface area contributed by atoms with Gasteiger partial charge in [-0.05, 0) is 56.5 Å². The Labute approximate surface area is 280 Å². The molecule has 0 unspecified atom stereocenters. The van der Waals surface area contributed by atoms with E-state index in [0.717, 1.165) is 11.1 Å². The lowest BCUT2D eigenvalue weighted by Gasteiger charge is -2.25. The van der Waals surface area contributed by atoms with Gasteiger partial charge in [0.05, 0.1) is 6.61 Å². The number of hydrogen-bond donors (Lipinski definition) is 5. The zero-order valence-electron chi connectivity index (χ0n) is 27.7. The quantitative estimate of drug-likeness (QED) is 0.155. The van der Waals surface area contributed by atoms with Crippen LogP contribution in [0.2, 0.25) is 0 Å². The number of hydrogen-bond acceptors (Lipinski definition) is 8. The summed E-state index contributed by atoms with van der Waals surface area (Å²) in [6.07, 6.45) is -0.533. The summed E-state index contributed by atoms with van der Waals surface area (Å²) in [4.78, 5) is 65.5. The van der Waals surface area contributed by atoms with E-state index in [-0.39, 0.29) is 31.6 Å². The van der Waals surface area contributed by atoms with Crippen molar-refractivity contribution in [3.05, 3.63) is 102 Å². The first-order chi connectivity index (χ1) is 22.8. The fourth-order valence-electron chi connectivity index (χ4n) is 4.68. The van der Waals surface area contributed by atoms with Gasteiger partial charge < -0.3 is 35.8 Å². The molecular weight excluding hydrogens is 616 g/mol. The number of ether oxygens (including phenoxy) is 2. The van der Waals surface area contributed by atoms with Gasteiger partial charge in [0.2, 0.25) is 17.7 Å². The SMILES string of the molecule is CCOC(=O)[C@H](Cc1ccc(O)cc1)NC(=O)[C@@H](Cc1ccccc1)NC(=O)[C@@H](Cc1ccccc1)NC(=O)CNC(=O)OC(C)(C)C. The summed E-state index contributed by atoms with van der Waals surface area (Å²) in [5.41, 5.74) is 1.40. The van der Waals surface area contributed by atoms with E-state index in [0.29, 0.717) is 5.56 Å². The average molecular weight is 661 g/mol. The summed E-state index contributed by atoms with van der Waals surface area (Å²) in [5, 5.41) is 20.2. The van der Waals surface area contributed by atoms with E-state index in [1.165, 1.54) is 12.1 Å². The Bertz CT molecular complexity index is 1510. The minimum atomic E-state index is -1.15. The van der Waals surface area contributed by atoms with Crippen molar-refractivity contribution in [2.24, 2.45) is 0 Å². The van der Waals surface area contributed by atoms with Crippen LogP contribution in [0.4, 0.5) is 4.79 Å². The number of aromatic hydroxyl groups is 1. The molecule has 0 radical (unpaired) electrons. The molecule has 12 nitrogen and oxygen atoms in total. The Balaban J connectivity index is 1.83. The summed E-state index contributed by atoms with van der Waals surface area (Å²) in [5.74, 6) is -2.53. The Morgan fingerprint density at radius 2 is 1.12 bits per heavy atom. The molecule has 256 valence electrons. The highest BCUT2D eigenvalue weighted by molar-refractivity contribution is 5.94. The van der Waals surface area contributed by atoms with Crippen molar-refractivity contribution >= 4 is 29.8 Å². The second-order valence-corrected chi connectivity index (χ2v) is 12.1. The van der Waals surface area contributed by atoms with Crippen LogP contribution in [0.5, 0.6) is 5.75 Å². The van der Waals surface area contributed by atoms with Crippen molar-refractivity contribution in [3.8, 4) is 5.75 Å². The molecule has 3 aromatic rings. The van der Waals surface area contributed by atoms with Crippen molar-refractivity contribution in [1.82, 2.24) is 21.3 Å². The van der Waals surface area contributed by atoms with Crippen LogP contribution < -0.4 is 21.3 Å². The second-order valence-electron chi connectivity index (χ2n) is 12.1. The molecule has 0 bridgehead atoms. The van der Waals surface area contributed by atoms with Crippen molar-refractivity contribution in [3.63, 3.8) is 0 Å². The Morgan fingerprint density at radius 3 is 1.62 bits per heavy atom. The maximum Gasteiger partial charge on any atom is 0.408 e. The summed E-state index contributed by atoms with van der Waals surface area (Å²) in [6.45, 7) is 6.38. The minimum absolute atomic E-state index is 0.0545. The van der Waals surface area contributed by atoms with Gasteiger partial charge in [-0.25, -0.2) is 9.59 Å². The molecule has 3 atom stereocenters. The molecule has 48 heavy (non-hydrogen) atoms. The summed E-state index contributed by atoms with van der Waals surface area (Å²) in [6, 6.07) is 20.9. The van der Waals surface area contributed by atoms with Gasteiger partial charge in [0.1, 0.15) is 36.0 Å². The lowest BCUT2D eigenvalue weighted by molar-refractivity contribution is -0.147. The van der Waals surface area contributed by atoms with Crippen LogP contribution in [-0.2, 0) is 47.9 Å². The van der Waals surface area contributed by atoms with E-state index in [1.807, 2.05) is 12.1 Å². The van der Waals surface area contributed by atoms with E-state index in [1.54, 1.807) is 88.4 Å². The third kappa shape index (κ3) is 13.1. The predicted molar refractivity (Wildman–Crippen MR) is 179 cm³/mol. The highest BCUT2D eigenvalue weighted by Gasteiger charge is 2.31. The molecular formula is C36H44N4O8. The van der Waals surface area contributed by atoms with Crippen molar-refractivity contribution in [2.75, 3.05) is 13.2 Å². The lowest BCUT2D eigenvalue weighted by Crippen LogP contribution is -2.57. The van der Waals surface area contributed by atoms with E-state index < -0.39 is 60.1 Å². The number of alkyl carbamates (subject to hydrolysis) is 1. The maximum absolute atomic E-state index is 13.8. The van der Waals surface area contributed by atoms with Crippen LogP contribution in [0.1, 0.15) is 44.4 Å². The first-order valence-corrected chi connectivity index (χ1v) is 15.7. The van der Waals surface area contributed by atoms with Crippen LogP contribution in [0.25, 0.3) is 0 Å². The first-order valence-electron chi connectivity index (χ1n) is 15.7. The fourth-order valence-corrected chi connectivity index (χ4v) is 4.68. The number of carbonyl (C=O) groups is 5. The van der Waals surface area contributed by atoms with Gasteiger partial charge in [-0.3, -0.25) is 14.4 Å². The molecule has 0 spiro atoms. The number of rotatable bonds is 15. The number of nitrogens with one attached hydrogen (secondary N) is 4. The number of carbonyl (C=O) groups excluding carboxylic acids is 5. The molecule has 12 heteroatoms. The monoisotopic (exact) mass is 660 g/mol. The molecule has 0 aliphatic heterocycles. The van der Waals surface area contributed by atoms with Gasteiger partial charge in [-0.1, -0.05) is 72.8 Å². The molecule has 4 amide bonds. The molecule has 0 saturated carbocycles. The second kappa shape index (κ2) is 18.1. The molecule has 3 aromatic carbocycles. The van der Waals surface area contributed by atoms with Gasteiger partial charge >= 0.3 is 12.1 Å². The lowest BCUT2D eigenvalue weighted by atomic mass is 10.0. The van der Waals surface area contributed by atoms with Crippen LogP contribution in [0.3, 0.4) is 0 Å². The predicted octanol–water partition coefficient (Wildman–Crippen LogP) is 2.96. The molecule has 3 rings (SSSR count). The molecule has 0 saturated heterocycles. The molecule has 0 heterocycles. The standard InChI is InChI=1S/C36H44N4O8/c1-5-47-34(45)30(22-26-16-18-27(41)19-17-26)40-33(44)29(21-25-14-10-7-11-15-25)39-32(43)28(20-24-12-8-6-9-13-24)38-31(42)23-37-35(46)48-36(2,3)4/h6-19,28-30,41H,5,20-23H2,1-4H3,(H,37,46)(H,38,42)(H,39,43)(H,40,44)/t28-,29-,30+/m1/s1. The number of benzene rings is 3. The highest BCUT2D eigenvalue weighted by Crippen LogP contribution is 2.13. The zero-order valence-corrected chi connectivity index (χ0v) is 27.7. The fraction of sp³-hybridized carbons (Fsp3) is 0.361. The van der Waals surface area contributed by atoms with Crippen LogP contribution >= 0.6 is 0 Å². The number of amides is 4. The van der Waals surface area contributed by atoms with Crippen molar-refractivity contribution in [2.45, 2.75) is 70.7 Å². The normalized spacial score (nSPS) is 12.8. The van der Waals surface area contributed by atoms with E-state index in [4.69, 9.17) is 9.47 Å². The summed E-state index contributed by atoms with van der Waals surface area (Å²) >= 11 is 0. The highest BCUT2D eigenvalue weighted by atomic mass is 16.6. The molecule has 5 N–H and O–H groups in total. The largest absolute Gasteiger partial charge is 0.508 e. The van der Waals surface area contributed by atoms with Gasteiger partial charge in [0.25, 0.3) is 0 Å². The molecule has 0 aliphatic carbocycles. The third-order valence-corrected chi connectivity index (χ3v) is 6.91. The van der Waals surface area contributed by atoms with E-state index in [2.05, 4.69) is 21.3 Å². The number of phenolic OH excluding ortho intramolecular Hbond substituents is 1. The molecule has 0 fully saturated rings. The number of esters is 1. The van der Waals surface area contributed by atoms with E-state index in [9.17, 15) is 29.1 Å². The van der Waals surface area contributed by atoms with Gasteiger partial charge in [-0.15, -0.1) is 0 Å². The number of phenols is 1. The Morgan fingerprint density at radius 1 is 0.667 bits per heavy atom. The van der Waals surface area contributed by atoms with Crippen LogP contribution in [-0.4, -0.2) is 71.8 Å². The molecule has 0 aliphatic rings.